The predicted molar refractivity (Wildman–Crippen MR) is 58.7 cm³/mol. The standard InChI is InChI=1S/C10H11BrN2/c1-2-9-4-3-7-5-8(11)6-12-10(7)13-9/h3-6,9H,2H2,1H3,(H,12,13). The molecule has 0 radical (unpaired) electrons. The number of rotatable bonds is 1. The van der Waals surface area contributed by atoms with Crippen LogP contribution in [0.1, 0.15) is 18.9 Å². The summed E-state index contributed by atoms with van der Waals surface area (Å²) in [5.74, 6) is 0.984. The lowest BCUT2D eigenvalue weighted by Crippen LogP contribution is -2.19. The van der Waals surface area contributed by atoms with E-state index in [2.05, 4.69) is 51.4 Å². The van der Waals surface area contributed by atoms with E-state index in [0.717, 1.165) is 22.3 Å². The molecule has 0 aromatic carbocycles. The molecule has 0 saturated carbocycles. The van der Waals surface area contributed by atoms with Gasteiger partial charge in [-0.05, 0) is 28.4 Å². The van der Waals surface area contributed by atoms with E-state index >= 15 is 0 Å². The number of anilines is 1. The Morgan fingerprint density at radius 3 is 3.23 bits per heavy atom. The first-order chi connectivity index (χ1) is 6.29. The van der Waals surface area contributed by atoms with Crippen molar-refractivity contribution in [1.82, 2.24) is 4.98 Å². The topological polar surface area (TPSA) is 24.9 Å². The van der Waals surface area contributed by atoms with E-state index in [1.54, 1.807) is 0 Å². The van der Waals surface area contributed by atoms with Crippen LogP contribution in [0.15, 0.2) is 22.8 Å². The minimum atomic E-state index is 0.432. The molecular formula is C10H11BrN2. The van der Waals surface area contributed by atoms with Gasteiger partial charge in [-0.2, -0.15) is 0 Å². The summed E-state index contributed by atoms with van der Waals surface area (Å²) < 4.78 is 1.02. The van der Waals surface area contributed by atoms with Crippen LogP contribution in [0, 0.1) is 0 Å². The van der Waals surface area contributed by atoms with Gasteiger partial charge in [0.05, 0.1) is 0 Å². The number of nitrogens with zero attached hydrogens (tertiary/aromatic N) is 1. The first kappa shape index (κ1) is 8.75. The van der Waals surface area contributed by atoms with Gasteiger partial charge in [-0.3, -0.25) is 0 Å². The van der Waals surface area contributed by atoms with E-state index in [1.807, 2.05) is 6.20 Å². The molecule has 1 aromatic rings. The average Bonchev–Trinajstić information content (AvgIpc) is 2.17. The first-order valence-corrected chi connectivity index (χ1v) is 5.19. The second-order valence-corrected chi connectivity index (χ2v) is 4.03. The lowest BCUT2D eigenvalue weighted by molar-refractivity contribution is 0.823. The fraction of sp³-hybridized carbons (Fsp3) is 0.300. The van der Waals surface area contributed by atoms with Gasteiger partial charge in [0.15, 0.2) is 0 Å². The molecule has 2 nitrogen and oxygen atoms in total. The van der Waals surface area contributed by atoms with Crippen LogP contribution < -0.4 is 5.32 Å². The van der Waals surface area contributed by atoms with Crippen molar-refractivity contribution in [3.63, 3.8) is 0 Å². The van der Waals surface area contributed by atoms with E-state index in [0.29, 0.717) is 6.04 Å². The van der Waals surface area contributed by atoms with Crippen molar-refractivity contribution >= 4 is 27.8 Å². The highest BCUT2D eigenvalue weighted by Gasteiger charge is 2.11. The number of nitrogens with one attached hydrogen (secondary N) is 1. The quantitative estimate of drug-likeness (QED) is 0.814. The van der Waals surface area contributed by atoms with Crippen LogP contribution in [0.5, 0.6) is 0 Å². The zero-order chi connectivity index (χ0) is 9.26. The van der Waals surface area contributed by atoms with Crippen molar-refractivity contribution in [1.29, 1.82) is 0 Å². The SMILES string of the molecule is CCC1C=Cc2cc(Br)cnc2N1. The highest BCUT2D eigenvalue weighted by atomic mass is 79.9. The highest BCUT2D eigenvalue weighted by molar-refractivity contribution is 9.10. The van der Waals surface area contributed by atoms with E-state index in [-0.39, 0.29) is 0 Å². The van der Waals surface area contributed by atoms with Gasteiger partial charge in [0.2, 0.25) is 0 Å². The maximum Gasteiger partial charge on any atom is 0.133 e. The number of halogens is 1. The number of hydrogen-bond acceptors (Lipinski definition) is 2. The Balaban J connectivity index is 2.35. The third-order valence-electron chi connectivity index (χ3n) is 2.15. The largest absolute Gasteiger partial charge is 0.363 e. The van der Waals surface area contributed by atoms with E-state index in [9.17, 15) is 0 Å². The van der Waals surface area contributed by atoms with Crippen LogP contribution >= 0.6 is 15.9 Å². The minimum Gasteiger partial charge on any atom is -0.363 e. The Labute approximate surface area is 86.2 Å². The molecule has 1 aromatic heterocycles. The van der Waals surface area contributed by atoms with Crippen LogP contribution in [0.25, 0.3) is 6.08 Å². The van der Waals surface area contributed by atoms with Gasteiger partial charge in [-0.1, -0.05) is 19.1 Å². The number of aromatic nitrogens is 1. The van der Waals surface area contributed by atoms with Gasteiger partial charge in [-0.15, -0.1) is 0 Å². The molecule has 13 heavy (non-hydrogen) atoms. The number of hydrogen-bond donors (Lipinski definition) is 1. The van der Waals surface area contributed by atoms with Crippen molar-refractivity contribution in [2.75, 3.05) is 5.32 Å². The molecule has 0 fully saturated rings. The van der Waals surface area contributed by atoms with E-state index in [1.165, 1.54) is 0 Å². The van der Waals surface area contributed by atoms with Gasteiger partial charge in [0.1, 0.15) is 5.82 Å². The van der Waals surface area contributed by atoms with Crippen LogP contribution in [0.3, 0.4) is 0 Å². The summed E-state index contributed by atoms with van der Waals surface area (Å²) in [5.41, 5.74) is 1.15. The van der Waals surface area contributed by atoms with Crippen LogP contribution in [-0.2, 0) is 0 Å². The maximum atomic E-state index is 4.31. The fourth-order valence-corrected chi connectivity index (χ4v) is 1.73. The van der Waals surface area contributed by atoms with Crippen LogP contribution in [0.4, 0.5) is 5.82 Å². The Bertz CT molecular complexity index is 347. The smallest absolute Gasteiger partial charge is 0.133 e. The zero-order valence-corrected chi connectivity index (χ0v) is 9.01. The van der Waals surface area contributed by atoms with Crippen molar-refractivity contribution in [2.45, 2.75) is 19.4 Å². The van der Waals surface area contributed by atoms with Crippen molar-refractivity contribution in [3.05, 3.63) is 28.4 Å². The molecule has 1 N–H and O–H groups in total. The molecule has 1 atom stereocenters. The molecule has 1 unspecified atom stereocenters. The molecule has 2 rings (SSSR count). The van der Waals surface area contributed by atoms with Gasteiger partial charge in [-0.25, -0.2) is 4.98 Å². The molecule has 68 valence electrons. The van der Waals surface area contributed by atoms with Crippen LogP contribution in [0.2, 0.25) is 0 Å². The molecule has 1 aliphatic rings. The molecule has 0 bridgehead atoms. The zero-order valence-electron chi connectivity index (χ0n) is 7.42. The predicted octanol–water partition coefficient (Wildman–Crippen LogP) is 3.06. The molecule has 0 aliphatic carbocycles. The molecular weight excluding hydrogens is 228 g/mol. The third-order valence-corrected chi connectivity index (χ3v) is 2.59. The summed E-state index contributed by atoms with van der Waals surface area (Å²) in [5, 5.41) is 3.36. The molecule has 0 spiro atoms. The summed E-state index contributed by atoms with van der Waals surface area (Å²) in [7, 11) is 0. The Morgan fingerprint density at radius 2 is 2.46 bits per heavy atom. The third kappa shape index (κ3) is 1.75. The summed E-state index contributed by atoms with van der Waals surface area (Å²) in [4.78, 5) is 4.31. The van der Waals surface area contributed by atoms with E-state index < -0.39 is 0 Å². The van der Waals surface area contributed by atoms with Crippen molar-refractivity contribution in [2.24, 2.45) is 0 Å². The molecule has 1 aliphatic heterocycles. The Hall–Kier alpha value is -0.830. The van der Waals surface area contributed by atoms with Gasteiger partial charge in [0.25, 0.3) is 0 Å². The first-order valence-electron chi connectivity index (χ1n) is 4.40. The second kappa shape index (κ2) is 3.50. The normalized spacial score (nSPS) is 19.4. The van der Waals surface area contributed by atoms with Crippen molar-refractivity contribution < 1.29 is 0 Å². The van der Waals surface area contributed by atoms with Gasteiger partial charge >= 0.3 is 0 Å². The number of pyridine rings is 1. The summed E-state index contributed by atoms with van der Waals surface area (Å²) in [6.45, 7) is 2.16. The highest BCUT2D eigenvalue weighted by Crippen LogP contribution is 2.24. The van der Waals surface area contributed by atoms with Gasteiger partial charge in [0, 0.05) is 22.3 Å². The lowest BCUT2D eigenvalue weighted by atomic mass is 10.1. The summed E-state index contributed by atoms with van der Waals surface area (Å²) >= 11 is 3.40. The van der Waals surface area contributed by atoms with E-state index in [4.69, 9.17) is 0 Å². The minimum absolute atomic E-state index is 0.432. The maximum absolute atomic E-state index is 4.31. The molecule has 3 heteroatoms. The summed E-state index contributed by atoms with van der Waals surface area (Å²) in [6.07, 6.45) is 7.21. The lowest BCUT2D eigenvalue weighted by Gasteiger charge is -2.19. The molecule has 0 amide bonds. The van der Waals surface area contributed by atoms with Gasteiger partial charge < -0.3 is 5.32 Å². The van der Waals surface area contributed by atoms with Crippen LogP contribution in [-0.4, -0.2) is 11.0 Å². The Morgan fingerprint density at radius 1 is 1.62 bits per heavy atom. The number of fused-ring (bicyclic) bond motifs is 1. The second-order valence-electron chi connectivity index (χ2n) is 3.11. The molecule has 2 heterocycles. The Kier molecular flexibility index (Phi) is 2.36. The fourth-order valence-electron chi connectivity index (χ4n) is 1.38. The van der Waals surface area contributed by atoms with Crippen molar-refractivity contribution in [3.8, 4) is 0 Å². The monoisotopic (exact) mass is 238 g/mol. The average molecular weight is 239 g/mol. The molecule has 0 saturated heterocycles. The summed E-state index contributed by atoms with van der Waals surface area (Å²) in [6, 6.07) is 2.50.